The first-order valence-corrected chi connectivity index (χ1v) is 6.72. The van der Waals surface area contributed by atoms with Crippen molar-refractivity contribution in [1.82, 2.24) is 0 Å². The minimum Gasteiger partial charge on any atom is -0.321 e. The van der Waals surface area contributed by atoms with Crippen molar-refractivity contribution in [3.8, 4) is 0 Å². The van der Waals surface area contributed by atoms with Crippen molar-refractivity contribution in [2.75, 3.05) is 0 Å². The average molecular weight is 223 g/mol. The lowest BCUT2D eigenvalue weighted by atomic mass is 9.69. The monoisotopic (exact) mass is 223 g/mol. The minimum absolute atomic E-state index is 0.0544. The summed E-state index contributed by atoms with van der Waals surface area (Å²) in [6.45, 7) is 6.86. The minimum atomic E-state index is -0.0544. The fraction of sp³-hybridized carbons (Fsp3) is 0.692. The van der Waals surface area contributed by atoms with Gasteiger partial charge >= 0.3 is 0 Å². The molecule has 1 heterocycles. The molecular formula is C13H21NS. The van der Waals surface area contributed by atoms with Crippen molar-refractivity contribution in [3.63, 3.8) is 0 Å². The van der Waals surface area contributed by atoms with Gasteiger partial charge in [0.1, 0.15) is 0 Å². The van der Waals surface area contributed by atoms with Crippen molar-refractivity contribution in [2.24, 2.45) is 17.6 Å². The van der Waals surface area contributed by atoms with E-state index in [1.54, 1.807) is 0 Å². The first-order chi connectivity index (χ1) is 7.01. The third-order valence-electron chi connectivity index (χ3n) is 3.63. The van der Waals surface area contributed by atoms with Crippen LogP contribution in [-0.4, -0.2) is 0 Å². The smallest absolute Gasteiger partial charge is 0.0425 e. The first kappa shape index (κ1) is 11.2. The highest BCUT2D eigenvalue weighted by atomic mass is 32.1. The van der Waals surface area contributed by atoms with Crippen LogP contribution >= 0.6 is 11.3 Å². The maximum atomic E-state index is 6.61. The van der Waals surface area contributed by atoms with Gasteiger partial charge in [-0.15, -0.1) is 11.3 Å². The van der Waals surface area contributed by atoms with Crippen molar-refractivity contribution in [2.45, 2.75) is 45.6 Å². The summed E-state index contributed by atoms with van der Waals surface area (Å²) in [4.78, 5) is 1.40. The van der Waals surface area contributed by atoms with Crippen LogP contribution in [0.15, 0.2) is 11.4 Å². The lowest BCUT2D eigenvalue weighted by Gasteiger charge is -2.40. The Morgan fingerprint density at radius 1 is 1.33 bits per heavy atom. The van der Waals surface area contributed by atoms with Crippen LogP contribution < -0.4 is 5.73 Å². The lowest BCUT2D eigenvalue weighted by molar-refractivity contribution is 0.183. The second-order valence-corrected chi connectivity index (χ2v) is 6.52. The van der Waals surface area contributed by atoms with Gasteiger partial charge in [0.05, 0.1) is 0 Å². The molecule has 1 saturated carbocycles. The Morgan fingerprint density at radius 3 is 2.40 bits per heavy atom. The molecule has 15 heavy (non-hydrogen) atoms. The first-order valence-electron chi connectivity index (χ1n) is 5.85. The number of thiophene rings is 1. The Hall–Kier alpha value is -0.340. The van der Waals surface area contributed by atoms with Crippen molar-refractivity contribution >= 4 is 11.3 Å². The molecule has 2 unspecified atom stereocenters. The summed E-state index contributed by atoms with van der Waals surface area (Å²) in [5, 5.41) is 2.17. The number of hydrogen-bond acceptors (Lipinski definition) is 2. The molecule has 0 amide bonds. The zero-order valence-electron chi connectivity index (χ0n) is 9.92. The average Bonchev–Trinajstić information content (AvgIpc) is 2.48. The highest BCUT2D eigenvalue weighted by Crippen LogP contribution is 2.42. The SMILES string of the molecule is Cc1sccc1C1(N)CC(C)CC(C)C1. The zero-order valence-corrected chi connectivity index (χ0v) is 10.7. The van der Waals surface area contributed by atoms with Gasteiger partial charge in [0.25, 0.3) is 0 Å². The molecule has 2 heteroatoms. The topological polar surface area (TPSA) is 26.0 Å². The molecular weight excluding hydrogens is 202 g/mol. The van der Waals surface area contributed by atoms with Gasteiger partial charge in [-0.1, -0.05) is 13.8 Å². The van der Waals surface area contributed by atoms with Gasteiger partial charge in [-0.3, -0.25) is 0 Å². The Labute approximate surface area is 96.7 Å². The van der Waals surface area contributed by atoms with Crippen LogP contribution in [0.2, 0.25) is 0 Å². The molecule has 1 fully saturated rings. The predicted molar refractivity (Wildman–Crippen MR) is 67.1 cm³/mol. The van der Waals surface area contributed by atoms with E-state index in [1.807, 2.05) is 11.3 Å². The van der Waals surface area contributed by atoms with Crippen LogP contribution in [0.5, 0.6) is 0 Å². The second-order valence-electron chi connectivity index (χ2n) is 5.40. The molecule has 0 saturated heterocycles. The molecule has 84 valence electrons. The molecule has 2 atom stereocenters. The Bertz CT molecular complexity index is 332. The van der Waals surface area contributed by atoms with Crippen LogP contribution in [0.4, 0.5) is 0 Å². The largest absolute Gasteiger partial charge is 0.321 e. The molecule has 0 radical (unpaired) electrons. The number of rotatable bonds is 1. The number of hydrogen-bond donors (Lipinski definition) is 1. The third kappa shape index (κ3) is 2.11. The fourth-order valence-corrected chi connectivity index (χ4v) is 4.11. The van der Waals surface area contributed by atoms with Gasteiger partial charge in [-0.2, -0.15) is 0 Å². The molecule has 0 spiro atoms. The van der Waals surface area contributed by atoms with Gasteiger partial charge in [0.15, 0.2) is 0 Å². The second kappa shape index (κ2) is 3.91. The summed E-state index contributed by atoms with van der Waals surface area (Å²) in [5.74, 6) is 1.52. The van der Waals surface area contributed by atoms with Gasteiger partial charge in [-0.25, -0.2) is 0 Å². The van der Waals surface area contributed by atoms with Crippen molar-refractivity contribution < 1.29 is 0 Å². The molecule has 2 rings (SSSR count). The molecule has 0 aromatic carbocycles. The molecule has 1 aromatic rings. The van der Waals surface area contributed by atoms with Crippen molar-refractivity contribution in [3.05, 3.63) is 21.9 Å². The molecule has 1 aliphatic rings. The molecule has 0 aliphatic heterocycles. The van der Waals surface area contributed by atoms with Gasteiger partial charge in [0, 0.05) is 10.4 Å². The van der Waals surface area contributed by atoms with E-state index in [0.717, 1.165) is 24.7 Å². The van der Waals surface area contributed by atoms with E-state index in [-0.39, 0.29) is 5.54 Å². The molecule has 1 aliphatic carbocycles. The number of nitrogens with two attached hydrogens (primary N) is 1. The Kier molecular flexibility index (Phi) is 2.91. The van der Waals surface area contributed by atoms with Crippen molar-refractivity contribution in [1.29, 1.82) is 0 Å². The van der Waals surface area contributed by atoms with E-state index >= 15 is 0 Å². The molecule has 0 bridgehead atoms. The summed E-state index contributed by atoms with van der Waals surface area (Å²) < 4.78 is 0. The quantitative estimate of drug-likeness (QED) is 0.772. The maximum absolute atomic E-state index is 6.61. The van der Waals surface area contributed by atoms with Crippen LogP contribution in [0.3, 0.4) is 0 Å². The zero-order chi connectivity index (χ0) is 11.1. The summed E-state index contributed by atoms with van der Waals surface area (Å²) in [7, 11) is 0. The Morgan fingerprint density at radius 2 is 1.93 bits per heavy atom. The van der Waals surface area contributed by atoms with E-state index in [0.29, 0.717) is 0 Å². The van der Waals surface area contributed by atoms with Crippen LogP contribution in [0.1, 0.15) is 43.6 Å². The van der Waals surface area contributed by atoms with E-state index in [1.165, 1.54) is 16.9 Å². The van der Waals surface area contributed by atoms with E-state index in [2.05, 4.69) is 32.2 Å². The third-order valence-corrected chi connectivity index (χ3v) is 4.47. The fourth-order valence-electron chi connectivity index (χ4n) is 3.30. The van der Waals surface area contributed by atoms with E-state index < -0.39 is 0 Å². The summed E-state index contributed by atoms with van der Waals surface area (Å²) >= 11 is 1.82. The van der Waals surface area contributed by atoms with Gasteiger partial charge in [-0.05, 0) is 55.0 Å². The maximum Gasteiger partial charge on any atom is 0.0425 e. The highest BCUT2D eigenvalue weighted by Gasteiger charge is 2.37. The number of aryl methyl sites for hydroxylation is 1. The summed E-state index contributed by atoms with van der Waals surface area (Å²) in [6, 6.07) is 2.23. The van der Waals surface area contributed by atoms with Crippen LogP contribution in [0.25, 0.3) is 0 Å². The van der Waals surface area contributed by atoms with Gasteiger partial charge < -0.3 is 5.73 Å². The molecule has 2 N–H and O–H groups in total. The molecule has 1 aromatic heterocycles. The Balaban J connectivity index is 2.29. The van der Waals surface area contributed by atoms with E-state index in [4.69, 9.17) is 5.73 Å². The summed E-state index contributed by atoms with van der Waals surface area (Å²) in [5.41, 5.74) is 7.95. The molecule has 1 nitrogen and oxygen atoms in total. The van der Waals surface area contributed by atoms with E-state index in [9.17, 15) is 0 Å². The predicted octanol–water partition coefficient (Wildman–Crippen LogP) is 3.67. The van der Waals surface area contributed by atoms with Crippen LogP contribution in [-0.2, 0) is 5.54 Å². The normalized spacial score (nSPS) is 36.8. The van der Waals surface area contributed by atoms with Gasteiger partial charge in [0.2, 0.25) is 0 Å². The van der Waals surface area contributed by atoms with Crippen LogP contribution in [0, 0.1) is 18.8 Å². The lowest BCUT2D eigenvalue weighted by Crippen LogP contribution is -2.43. The standard InChI is InChI=1S/C13H21NS/c1-9-6-10(2)8-13(14,7-9)12-4-5-15-11(12)3/h4-5,9-10H,6-8,14H2,1-3H3. The highest BCUT2D eigenvalue weighted by molar-refractivity contribution is 7.10. The summed E-state index contributed by atoms with van der Waals surface area (Å²) in [6.07, 6.45) is 3.63.